The Balaban J connectivity index is 0.782. The van der Waals surface area contributed by atoms with Crippen molar-refractivity contribution >= 4 is 43.9 Å². The van der Waals surface area contributed by atoms with E-state index in [1.54, 1.807) is 18.2 Å². The van der Waals surface area contributed by atoms with E-state index in [9.17, 15) is 19.2 Å². The van der Waals surface area contributed by atoms with Gasteiger partial charge in [0.25, 0.3) is 0 Å². The van der Waals surface area contributed by atoms with Crippen molar-refractivity contribution in [1.82, 2.24) is 0 Å². The fourth-order valence-electron chi connectivity index (χ4n) is 13.4. The standard InChI is InChI=1S/C98H86O12/c1-5-9-13-21-55-103-89-61-77(90(104-56-22-14-10-6-2)59-75(89)49-37-67-29-41-71(42-30-67)82-63-93(99)107-86-27-19-17-25-79(82)86)51-39-69-33-45-73(46-34-69)84-65-96(102)110-98-81(84)53-54-88-97(98)85(66-95(101)109-88)74-47-35-70(36-48-74)40-52-78-62-91(105-57-23-15-11-7-3)76(60-92(78)106-58-24-16-12-8-4)50-38-68-31-43-72(44-32-68)83-64-94(100)108-87-28-20-18-26-80(83)87/h17-20,25-36,41-48,53-54,59-66H,5-16,21-24,55-58H2,1-4H3. The molecule has 0 spiro atoms. The van der Waals surface area contributed by atoms with Crippen LogP contribution in [-0.2, 0) is 0 Å². The van der Waals surface area contributed by atoms with Crippen LogP contribution in [0.5, 0.6) is 23.0 Å². The molecule has 0 amide bonds. The molecule has 0 bridgehead atoms. The molecule has 0 aliphatic rings. The Labute approximate surface area is 641 Å². The summed E-state index contributed by atoms with van der Waals surface area (Å²) in [6, 6.07) is 63.2. The highest BCUT2D eigenvalue weighted by Crippen LogP contribution is 2.39. The molecule has 13 aromatic rings. The summed E-state index contributed by atoms with van der Waals surface area (Å²) in [6.07, 6.45) is 16.5. The maximum absolute atomic E-state index is 13.8. The minimum Gasteiger partial charge on any atom is -0.492 e. The van der Waals surface area contributed by atoms with Gasteiger partial charge in [-0.25, -0.2) is 19.2 Å². The molecule has 4 aromatic heterocycles. The molecule has 0 unspecified atom stereocenters. The second-order valence-corrected chi connectivity index (χ2v) is 27.4. The van der Waals surface area contributed by atoms with Gasteiger partial charge < -0.3 is 36.6 Å². The SMILES string of the molecule is CCCCCCOc1cc(C#Cc2ccc(-c3cc(=O)oc4c3ccc3oc(=O)cc(-c5ccc(C#Cc6cc(OCCCCCC)c(C#Cc7ccc(-c8cc(=O)oc9ccccc89)cc7)cc6OCCCCCC)cc5)c34)cc2)c(OCCCCCC)cc1C#Cc1ccc(-c2cc(=O)oc3ccccc23)cc1. The molecular weight excluding hydrogens is 1370 g/mol. The van der Waals surface area contributed by atoms with E-state index in [-0.39, 0.29) is 11.2 Å². The van der Waals surface area contributed by atoms with Crippen LogP contribution >= 0.6 is 0 Å². The Kier molecular flexibility index (Phi) is 25.5. The van der Waals surface area contributed by atoms with Gasteiger partial charge in [0, 0.05) is 92.5 Å². The van der Waals surface area contributed by atoms with Crippen LogP contribution in [0.1, 0.15) is 175 Å². The van der Waals surface area contributed by atoms with Gasteiger partial charge in [0.15, 0.2) is 5.58 Å². The first kappa shape index (κ1) is 75.5. The molecule has 0 saturated carbocycles. The quantitative estimate of drug-likeness (QED) is 0.0198. The van der Waals surface area contributed by atoms with E-state index in [0.29, 0.717) is 116 Å². The fourth-order valence-corrected chi connectivity index (χ4v) is 13.4. The predicted octanol–water partition coefficient (Wildman–Crippen LogP) is 22.2. The van der Waals surface area contributed by atoms with Crippen LogP contribution in [0.3, 0.4) is 0 Å². The van der Waals surface area contributed by atoms with Crippen LogP contribution in [0.25, 0.3) is 88.4 Å². The number of para-hydroxylation sites is 2. The molecule has 0 N–H and O–H groups in total. The normalized spacial score (nSPS) is 10.9. The third-order valence-electron chi connectivity index (χ3n) is 19.3. The molecule has 110 heavy (non-hydrogen) atoms. The molecule has 0 aliphatic heterocycles. The third-order valence-corrected chi connectivity index (χ3v) is 19.3. The van der Waals surface area contributed by atoms with E-state index in [4.69, 9.17) is 36.6 Å². The molecule has 0 aliphatic carbocycles. The lowest BCUT2D eigenvalue weighted by Crippen LogP contribution is -2.03. The van der Waals surface area contributed by atoms with Gasteiger partial charge in [-0.3, -0.25) is 0 Å². The van der Waals surface area contributed by atoms with Gasteiger partial charge in [0.2, 0.25) is 0 Å². The number of fused-ring (bicyclic) bond motifs is 5. The number of hydrogen-bond donors (Lipinski definition) is 0. The summed E-state index contributed by atoms with van der Waals surface area (Å²) in [6.45, 7) is 10.8. The average Bonchev–Trinajstić information content (AvgIpc) is 0.743. The molecule has 0 radical (unpaired) electrons. The Morgan fingerprint density at radius 1 is 0.264 bits per heavy atom. The smallest absolute Gasteiger partial charge is 0.336 e. The monoisotopic (exact) mass is 1450 g/mol. The fraction of sp³-hybridized carbons (Fsp3) is 0.245. The van der Waals surface area contributed by atoms with Crippen molar-refractivity contribution < 1.29 is 36.6 Å². The predicted molar refractivity (Wildman–Crippen MR) is 441 cm³/mol. The average molecular weight is 1460 g/mol. The molecule has 12 nitrogen and oxygen atoms in total. The van der Waals surface area contributed by atoms with Gasteiger partial charge in [-0.15, -0.1) is 0 Å². The minimum absolute atomic E-state index is 0.260. The van der Waals surface area contributed by atoms with Crippen molar-refractivity contribution in [1.29, 1.82) is 0 Å². The maximum atomic E-state index is 13.8. The summed E-state index contributed by atoms with van der Waals surface area (Å²) in [5, 5.41) is 2.81. The lowest BCUT2D eigenvalue weighted by atomic mass is 9.96. The highest BCUT2D eigenvalue weighted by Gasteiger charge is 2.20. The van der Waals surface area contributed by atoms with Crippen LogP contribution in [0.15, 0.2) is 243 Å². The van der Waals surface area contributed by atoms with Gasteiger partial charge in [-0.2, -0.15) is 0 Å². The maximum Gasteiger partial charge on any atom is 0.336 e. The van der Waals surface area contributed by atoms with Crippen molar-refractivity contribution in [3.05, 3.63) is 292 Å². The van der Waals surface area contributed by atoms with Crippen LogP contribution < -0.4 is 41.4 Å². The van der Waals surface area contributed by atoms with Gasteiger partial charge in [0.1, 0.15) is 39.7 Å². The van der Waals surface area contributed by atoms with E-state index in [1.807, 2.05) is 164 Å². The molecule has 4 heterocycles. The molecule has 0 saturated heterocycles. The Morgan fingerprint density at radius 2 is 0.555 bits per heavy atom. The van der Waals surface area contributed by atoms with Crippen molar-refractivity contribution in [3.8, 4) is 115 Å². The number of rotatable bonds is 28. The number of benzene rings is 9. The van der Waals surface area contributed by atoms with E-state index in [2.05, 4.69) is 75.1 Å². The van der Waals surface area contributed by atoms with Crippen LogP contribution in [0.4, 0.5) is 0 Å². The first-order chi connectivity index (χ1) is 54.0. The number of hydrogen-bond acceptors (Lipinski definition) is 12. The van der Waals surface area contributed by atoms with Gasteiger partial charge in [-0.05, 0) is 137 Å². The molecule has 550 valence electrons. The zero-order chi connectivity index (χ0) is 76.0. The summed E-state index contributed by atoms with van der Waals surface area (Å²) < 4.78 is 49.0. The van der Waals surface area contributed by atoms with Crippen LogP contribution in [-0.4, -0.2) is 26.4 Å². The topological polar surface area (TPSA) is 158 Å². The lowest BCUT2D eigenvalue weighted by Gasteiger charge is -2.14. The van der Waals surface area contributed by atoms with E-state index < -0.39 is 22.5 Å². The van der Waals surface area contributed by atoms with Crippen LogP contribution in [0.2, 0.25) is 0 Å². The Hall–Kier alpha value is -12.7. The summed E-state index contributed by atoms with van der Waals surface area (Å²) in [4.78, 5) is 52.3. The van der Waals surface area contributed by atoms with E-state index in [0.717, 1.165) is 158 Å². The number of unbranched alkanes of at least 4 members (excludes halogenated alkanes) is 12. The van der Waals surface area contributed by atoms with Crippen LogP contribution in [0, 0.1) is 47.4 Å². The second-order valence-electron chi connectivity index (χ2n) is 27.4. The van der Waals surface area contributed by atoms with Gasteiger partial charge in [-0.1, -0.05) is 237 Å². The van der Waals surface area contributed by atoms with Crippen molar-refractivity contribution in [2.75, 3.05) is 26.4 Å². The first-order valence-corrected chi connectivity index (χ1v) is 38.5. The summed E-state index contributed by atoms with van der Waals surface area (Å²) in [5.74, 6) is 29.5. The largest absolute Gasteiger partial charge is 0.492 e. The molecule has 12 heteroatoms. The molecule has 0 fully saturated rings. The third kappa shape index (κ3) is 19.1. The molecule has 9 aromatic carbocycles. The first-order valence-electron chi connectivity index (χ1n) is 38.5. The van der Waals surface area contributed by atoms with Crippen molar-refractivity contribution in [2.24, 2.45) is 0 Å². The molecular formula is C98H86O12. The van der Waals surface area contributed by atoms with Crippen molar-refractivity contribution in [3.63, 3.8) is 0 Å². The minimum atomic E-state index is -0.576. The molecule has 0 atom stereocenters. The lowest BCUT2D eigenvalue weighted by molar-refractivity contribution is 0.295. The van der Waals surface area contributed by atoms with Gasteiger partial charge >= 0.3 is 22.5 Å². The highest BCUT2D eigenvalue weighted by atomic mass is 16.5. The summed E-state index contributed by atoms with van der Waals surface area (Å²) in [5.41, 5.74) is 11.2. The number of ether oxygens (including phenoxy) is 4. The summed E-state index contributed by atoms with van der Waals surface area (Å²) >= 11 is 0. The molecule has 13 rings (SSSR count). The zero-order valence-corrected chi connectivity index (χ0v) is 62.7. The second kappa shape index (κ2) is 37.2. The Bertz CT molecular complexity index is 5970. The highest BCUT2D eigenvalue weighted by molar-refractivity contribution is 6.13. The Morgan fingerprint density at radius 3 is 0.891 bits per heavy atom. The van der Waals surface area contributed by atoms with E-state index >= 15 is 0 Å². The van der Waals surface area contributed by atoms with E-state index in [1.165, 1.54) is 24.3 Å². The zero-order valence-electron chi connectivity index (χ0n) is 62.7. The van der Waals surface area contributed by atoms with Gasteiger partial charge in [0.05, 0.1) is 54.1 Å². The van der Waals surface area contributed by atoms with Crippen molar-refractivity contribution in [2.45, 2.75) is 130 Å². The summed E-state index contributed by atoms with van der Waals surface area (Å²) in [7, 11) is 0.